The van der Waals surface area contributed by atoms with E-state index in [4.69, 9.17) is 27.6 Å². The van der Waals surface area contributed by atoms with E-state index in [1.807, 2.05) is 20.8 Å². The van der Waals surface area contributed by atoms with Gasteiger partial charge in [-0.05, 0) is 0 Å². The highest BCUT2D eigenvalue weighted by Crippen LogP contribution is 2.24. The van der Waals surface area contributed by atoms with E-state index in [0.717, 1.165) is 0 Å². The van der Waals surface area contributed by atoms with Gasteiger partial charge in [-0.2, -0.15) is 0 Å². The van der Waals surface area contributed by atoms with Crippen molar-refractivity contribution < 1.29 is 9.21 Å². The van der Waals surface area contributed by atoms with Gasteiger partial charge in [-0.25, -0.2) is 4.98 Å². The van der Waals surface area contributed by atoms with Crippen molar-refractivity contribution in [2.24, 2.45) is 5.41 Å². The molecule has 0 aromatic carbocycles. The maximum absolute atomic E-state index is 11.8. The molecule has 0 N–H and O–H groups in total. The summed E-state index contributed by atoms with van der Waals surface area (Å²) < 4.78 is 7.04. The van der Waals surface area contributed by atoms with Crippen LogP contribution in [0, 0.1) is 5.41 Å². The third kappa shape index (κ3) is 4.21. The summed E-state index contributed by atoms with van der Waals surface area (Å²) >= 11 is 12.9. The minimum absolute atomic E-state index is 0.122. The first-order chi connectivity index (χ1) is 9.77. The minimum Gasteiger partial charge on any atom is -0.414 e. The molecule has 9 heteroatoms. The Morgan fingerprint density at radius 3 is 2.67 bits per heavy atom. The highest BCUT2D eigenvalue weighted by molar-refractivity contribution is 7.99. The first-order valence-electron chi connectivity index (χ1n) is 6.12. The number of imidazole rings is 1. The Bertz CT molecular complexity index is 648. The van der Waals surface area contributed by atoms with Gasteiger partial charge in [0.25, 0.3) is 5.22 Å². The van der Waals surface area contributed by atoms with Crippen LogP contribution >= 0.6 is 35.0 Å². The summed E-state index contributed by atoms with van der Waals surface area (Å²) in [6, 6.07) is 0. The van der Waals surface area contributed by atoms with Crippen molar-refractivity contribution in [1.29, 1.82) is 0 Å². The Kier molecular flexibility index (Phi) is 4.95. The van der Waals surface area contributed by atoms with Gasteiger partial charge in [-0.3, -0.25) is 4.79 Å². The molecule has 0 saturated carbocycles. The molecule has 2 rings (SSSR count). The molecule has 2 aromatic rings. The lowest BCUT2D eigenvalue weighted by Gasteiger charge is -2.14. The predicted octanol–water partition coefficient (Wildman–Crippen LogP) is 3.33. The molecule has 21 heavy (non-hydrogen) atoms. The van der Waals surface area contributed by atoms with Gasteiger partial charge in [-0.15, -0.1) is 10.2 Å². The van der Waals surface area contributed by atoms with Crippen molar-refractivity contribution >= 4 is 40.7 Å². The van der Waals surface area contributed by atoms with Crippen molar-refractivity contribution in [2.45, 2.75) is 32.5 Å². The molecule has 6 nitrogen and oxygen atoms in total. The molecule has 0 aliphatic carbocycles. The van der Waals surface area contributed by atoms with Gasteiger partial charge in [0.2, 0.25) is 5.89 Å². The quantitative estimate of drug-likeness (QED) is 0.771. The summed E-state index contributed by atoms with van der Waals surface area (Å²) in [5, 5.41) is 8.68. The van der Waals surface area contributed by atoms with Crippen LogP contribution in [0.4, 0.5) is 0 Å². The predicted molar refractivity (Wildman–Crippen MR) is 80.8 cm³/mol. The number of hydrogen-bond acceptors (Lipinski definition) is 6. The van der Waals surface area contributed by atoms with Crippen molar-refractivity contribution in [2.75, 3.05) is 5.75 Å². The molecule has 0 fully saturated rings. The lowest BCUT2D eigenvalue weighted by atomic mass is 9.92. The fourth-order valence-electron chi connectivity index (χ4n) is 1.30. The Balaban J connectivity index is 1.96. The molecule has 0 saturated heterocycles. The summed E-state index contributed by atoms with van der Waals surface area (Å²) in [4.78, 5) is 15.7. The van der Waals surface area contributed by atoms with Crippen LogP contribution < -0.4 is 0 Å². The van der Waals surface area contributed by atoms with Gasteiger partial charge < -0.3 is 8.98 Å². The molecule has 0 amide bonds. The van der Waals surface area contributed by atoms with Crippen LogP contribution in [-0.4, -0.2) is 31.3 Å². The Hall–Kier alpha value is -1.05. The molecular weight excluding hydrogens is 335 g/mol. The number of rotatable bonds is 5. The second kappa shape index (κ2) is 6.37. The van der Waals surface area contributed by atoms with E-state index in [0.29, 0.717) is 22.0 Å². The molecule has 0 bridgehead atoms. The maximum Gasteiger partial charge on any atom is 0.277 e. The molecule has 0 unspecified atom stereocenters. The van der Waals surface area contributed by atoms with Gasteiger partial charge in [0, 0.05) is 5.41 Å². The third-order valence-corrected chi connectivity index (χ3v) is 4.24. The molecular formula is C12H14Cl2N4O2S. The van der Waals surface area contributed by atoms with E-state index in [1.165, 1.54) is 18.1 Å². The zero-order valence-corrected chi connectivity index (χ0v) is 14.1. The number of nitrogens with zero attached hydrogens (tertiary/aromatic N) is 4. The second-order valence-corrected chi connectivity index (χ2v) is 7.02. The van der Waals surface area contributed by atoms with Crippen LogP contribution in [0.25, 0.3) is 0 Å². The van der Waals surface area contributed by atoms with E-state index >= 15 is 0 Å². The molecule has 2 heterocycles. The van der Waals surface area contributed by atoms with Crippen LogP contribution in [0.2, 0.25) is 10.3 Å². The monoisotopic (exact) mass is 348 g/mol. The number of carbonyl (C=O) groups is 1. The number of halogens is 2. The van der Waals surface area contributed by atoms with Crippen molar-refractivity contribution in [1.82, 2.24) is 19.7 Å². The largest absolute Gasteiger partial charge is 0.414 e. The number of Topliss-reactive ketones (excluding diaryl/α,β-unsaturated/α-hetero) is 1. The lowest BCUT2D eigenvalue weighted by molar-refractivity contribution is -0.123. The van der Waals surface area contributed by atoms with Gasteiger partial charge in [-0.1, -0.05) is 55.7 Å². The van der Waals surface area contributed by atoms with Crippen LogP contribution in [0.1, 0.15) is 26.7 Å². The third-order valence-electron chi connectivity index (χ3n) is 2.65. The number of ketones is 1. The van der Waals surface area contributed by atoms with E-state index in [9.17, 15) is 4.79 Å². The first kappa shape index (κ1) is 16.3. The van der Waals surface area contributed by atoms with Gasteiger partial charge >= 0.3 is 0 Å². The normalized spacial score (nSPS) is 11.9. The Morgan fingerprint density at radius 1 is 1.38 bits per heavy atom. The second-order valence-electron chi connectivity index (χ2n) is 5.38. The fraction of sp³-hybridized carbons (Fsp3) is 0.500. The van der Waals surface area contributed by atoms with Gasteiger partial charge in [0.15, 0.2) is 5.15 Å². The highest BCUT2D eigenvalue weighted by Gasteiger charge is 2.22. The zero-order chi connectivity index (χ0) is 15.6. The lowest BCUT2D eigenvalue weighted by Crippen LogP contribution is -2.21. The van der Waals surface area contributed by atoms with E-state index in [1.54, 1.807) is 4.57 Å². The van der Waals surface area contributed by atoms with E-state index in [-0.39, 0.29) is 22.9 Å². The average Bonchev–Trinajstić information content (AvgIpc) is 2.97. The van der Waals surface area contributed by atoms with E-state index < -0.39 is 0 Å². The van der Waals surface area contributed by atoms with Crippen molar-refractivity contribution in [3.63, 3.8) is 0 Å². The SMILES string of the molecule is CC(C)(C)C(=O)CSc1nnc(Cn2cnc(Cl)c2Cl)o1. The Morgan fingerprint density at radius 2 is 2.10 bits per heavy atom. The van der Waals surface area contributed by atoms with Crippen molar-refractivity contribution in [3.05, 3.63) is 22.5 Å². The average molecular weight is 349 g/mol. The summed E-state index contributed by atoms with van der Waals surface area (Å²) in [7, 11) is 0. The highest BCUT2D eigenvalue weighted by atomic mass is 35.5. The van der Waals surface area contributed by atoms with Crippen LogP contribution in [0.15, 0.2) is 16.0 Å². The number of thioether (sulfide) groups is 1. The van der Waals surface area contributed by atoms with E-state index in [2.05, 4.69) is 15.2 Å². The Labute approximate surface area is 136 Å². The van der Waals surface area contributed by atoms with Gasteiger partial charge in [0.1, 0.15) is 17.5 Å². The van der Waals surface area contributed by atoms with Crippen LogP contribution in [-0.2, 0) is 11.3 Å². The summed E-state index contributed by atoms with van der Waals surface area (Å²) in [6.07, 6.45) is 1.49. The molecule has 0 atom stereocenters. The molecule has 0 radical (unpaired) electrons. The minimum atomic E-state index is -0.378. The first-order valence-corrected chi connectivity index (χ1v) is 7.86. The molecule has 0 spiro atoms. The number of hydrogen-bond donors (Lipinski definition) is 0. The molecule has 0 aliphatic rings. The molecule has 0 aliphatic heterocycles. The maximum atomic E-state index is 11.8. The van der Waals surface area contributed by atoms with Gasteiger partial charge in [0.05, 0.1) is 12.1 Å². The van der Waals surface area contributed by atoms with Crippen LogP contribution in [0.5, 0.6) is 0 Å². The molecule has 114 valence electrons. The van der Waals surface area contributed by atoms with Crippen molar-refractivity contribution in [3.8, 4) is 0 Å². The standard InChI is InChI=1S/C12H14Cl2N4O2S/c1-12(2,3)7(19)5-21-11-17-16-8(20-11)4-18-6-15-9(13)10(18)14/h6H,4-5H2,1-3H3. The summed E-state index contributed by atoms with van der Waals surface area (Å²) in [5.74, 6) is 0.788. The zero-order valence-electron chi connectivity index (χ0n) is 11.8. The number of carbonyl (C=O) groups excluding carboxylic acids is 1. The topological polar surface area (TPSA) is 73.8 Å². The smallest absolute Gasteiger partial charge is 0.277 e. The summed E-state index contributed by atoms with van der Waals surface area (Å²) in [6.45, 7) is 5.90. The molecule has 2 aromatic heterocycles. The summed E-state index contributed by atoms with van der Waals surface area (Å²) in [5.41, 5.74) is -0.378. The number of aromatic nitrogens is 4. The fourth-order valence-corrected chi connectivity index (χ4v) is 2.55. The van der Waals surface area contributed by atoms with Crippen LogP contribution in [0.3, 0.4) is 0 Å².